The standard InChI is InChI=1S/C20H31ClO/c1-14(2)8-9-20(12-16(5)21)18(22)11-17(10-15(3)4)13-19(20,6)7/h11,15H,1,5,8-10,12-13H2,2-4,6-7H3/t20-/m0/s1. The molecule has 0 aromatic heterocycles. The minimum absolute atomic E-state index is 0.115. The Morgan fingerprint density at radius 3 is 2.36 bits per heavy atom. The Balaban J connectivity index is 3.22. The van der Waals surface area contributed by atoms with E-state index in [9.17, 15) is 4.79 Å². The predicted octanol–water partition coefficient (Wildman–Crippen LogP) is 6.44. The largest absolute Gasteiger partial charge is 0.294 e. The zero-order valence-corrected chi connectivity index (χ0v) is 15.6. The third-order valence-electron chi connectivity index (χ3n) is 4.91. The third kappa shape index (κ3) is 4.35. The second kappa shape index (κ2) is 7.17. The molecule has 0 spiro atoms. The van der Waals surface area contributed by atoms with Crippen molar-refractivity contribution in [1.29, 1.82) is 0 Å². The monoisotopic (exact) mass is 322 g/mol. The molecular weight excluding hydrogens is 292 g/mol. The topological polar surface area (TPSA) is 17.1 Å². The molecule has 0 aromatic rings. The van der Waals surface area contributed by atoms with Crippen LogP contribution in [0.15, 0.2) is 35.4 Å². The van der Waals surface area contributed by atoms with E-state index in [0.29, 0.717) is 17.4 Å². The van der Waals surface area contributed by atoms with Crippen LogP contribution in [0, 0.1) is 16.7 Å². The lowest BCUT2D eigenvalue weighted by Gasteiger charge is -2.49. The highest BCUT2D eigenvalue weighted by Crippen LogP contribution is 2.55. The Morgan fingerprint density at radius 1 is 1.36 bits per heavy atom. The molecular formula is C20H31ClO. The minimum atomic E-state index is -0.453. The van der Waals surface area contributed by atoms with Gasteiger partial charge in [-0.25, -0.2) is 0 Å². The van der Waals surface area contributed by atoms with E-state index in [1.165, 1.54) is 5.57 Å². The van der Waals surface area contributed by atoms with Crippen LogP contribution in [0.5, 0.6) is 0 Å². The van der Waals surface area contributed by atoms with Gasteiger partial charge < -0.3 is 0 Å². The van der Waals surface area contributed by atoms with Gasteiger partial charge in [0.2, 0.25) is 0 Å². The summed E-state index contributed by atoms with van der Waals surface area (Å²) in [6.45, 7) is 18.7. The first-order valence-corrected chi connectivity index (χ1v) is 8.59. The van der Waals surface area contributed by atoms with Crippen LogP contribution in [0.4, 0.5) is 0 Å². The Morgan fingerprint density at radius 2 is 1.95 bits per heavy atom. The molecule has 0 unspecified atom stereocenters. The molecule has 0 N–H and O–H groups in total. The summed E-state index contributed by atoms with van der Waals surface area (Å²) in [6.07, 6.45) is 6.05. The van der Waals surface area contributed by atoms with Crippen molar-refractivity contribution < 1.29 is 4.79 Å². The summed E-state index contributed by atoms with van der Waals surface area (Å²) in [5.74, 6) is 0.795. The molecule has 0 saturated carbocycles. The van der Waals surface area contributed by atoms with Crippen LogP contribution >= 0.6 is 11.6 Å². The molecule has 0 bridgehead atoms. The normalized spacial score (nSPS) is 24.3. The molecule has 1 atom stereocenters. The molecule has 0 saturated heterocycles. The summed E-state index contributed by atoms with van der Waals surface area (Å²) in [5.41, 5.74) is 1.82. The van der Waals surface area contributed by atoms with E-state index in [1.807, 2.05) is 13.0 Å². The average Bonchev–Trinajstić information content (AvgIpc) is 2.30. The van der Waals surface area contributed by atoms with Gasteiger partial charge in [-0.05, 0) is 56.4 Å². The van der Waals surface area contributed by atoms with E-state index in [4.69, 9.17) is 11.6 Å². The summed E-state index contributed by atoms with van der Waals surface area (Å²) in [4.78, 5) is 13.1. The molecule has 0 heterocycles. The van der Waals surface area contributed by atoms with Crippen LogP contribution < -0.4 is 0 Å². The average molecular weight is 323 g/mol. The fourth-order valence-corrected chi connectivity index (χ4v) is 3.96. The molecule has 0 aliphatic heterocycles. The summed E-state index contributed by atoms with van der Waals surface area (Å²) in [7, 11) is 0. The number of halogens is 1. The van der Waals surface area contributed by atoms with Crippen molar-refractivity contribution in [3.63, 3.8) is 0 Å². The van der Waals surface area contributed by atoms with Gasteiger partial charge in [0, 0.05) is 10.4 Å². The summed E-state index contributed by atoms with van der Waals surface area (Å²) >= 11 is 6.14. The first-order valence-electron chi connectivity index (χ1n) is 8.22. The molecule has 1 aliphatic carbocycles. The maximum absolute atomic E-state index is 13.1. The van der Waals surface area contributed by atoms with Gasteiger partial charge in [0.15, 0.2) is 5.78 Å². The van der Waals surface area contributed by atoms with E-state index in [2.05, 4.69) is 40.9 Å². The van der Waals surface area contributed by atoms with Crippen LogP contribution in [0.2, 0.25) is 0 Å². The van der Waals surface area contributed by atoms with Crippen molar-refractivity contribution in [3.8, 4) is 0 Å². The molecule has 0 radical (unpaired) electrons. The molecule has 0 fully saturated rings. The minimum Gasteiger partial charge on any atom is -0.294 e. The zero-order chi connectivity index (χ0) is 17.1. The zero-order valence-electron chi connectivity index (χ0n) is 14.9. The maximum atomic E-state index is 13.1. The maximum Gasteiger partial charge on any atom is 0.162 e. The van der Waals surface area contributed by atoms with E-state index < -0.39 is 5.41 Å². The predicted molar refractivity (Wildman–Crippen MR) is 97.0 cm³/mol. The van der Waals surface area contributed by atoms with Crippen molar-refractivity contribution >= 4 is 17.4 Å². The SMILES string of the molecule is C=C(C)CC[C@]1(CC(=C)Cl)C(=O)C=C(CC(C)C)CC1(C)C. The molecule has 1 rings (SSSR count). The van der Waals surface area contributed by atoms with Gasteiger partial charge in [-0.3, -0.25) is 4.79 Å². The van der Waals surface area contributed by atoms with Gasteiger partial charge in [0.1, 0.15) is 0 Å². The lowest BCUT2D eigenvalue weighted by Crippen LogP contribution is -2.47. The van der Waals surface area contributed by atoms with Crippen molar-refractivity contribution in [2.45, 2.75) is 66.7 Å². The smallest absolute Gasteiger partial charge is 0.162 e. The number of carbonyl (C=O) groups is 1. The molecule has 2 heteroatoms. The number of rotatable bonds is 7. The van der Waals surface area contributed by atoms with Crippen molar-refractivity contribution in [2.75, 3.05) is 0 Å². The van der Waals surface area contributed by atoms with Crippen LogP contribution in [-0.2, 0) is 4.79 Å². The second-order valence-electron chi connectivity index (χ2n) is 8.06. The Bertz CT molecular complexity index is 496. The number of hydrogen-bond donors (Lipinski definition) is 0. The highest BCUT2D eigenvalue weighted by atomic mass is 35.5. The van der Waals surface area contributed by atoms with Crippen molar-refractivity contribution in [3.05, 3.63) is 35.4 Å². The van der Waals surface area contributed by atoms with Gasteiger partial charge in [0.25, 0.3) is 0 Å². The van der Waals surface area contributed by atoms with Gasteiger partial charge >= 0.3 is 0 Å². The molecule has 1 nitrogen and oxygen atoms in total. The fraction of sp³-hybridized carbons (Fsp3) is 0.650. The number of ketones is 1. The number of allylic oxidation sites excluding steroid dienone is 4. The first-order chi connectivity index (χ1) is 10.00. The Kier molecular flexibility index (Phi) is 6.27. The van der Waals surface area contributed by atoms with Gasteiger partial charge in [-0.1, -0.05) is 57.0 Å². The van der Waals surface area contributed by atoms with E-state index in [-0.39, 0.29) is 11.2 Å². The molecule has 22 heavy (non-hydrogen) atoms. The van der Waals surface area contributed by atoms with Crippen LogP contribution in [-0.4, -0.2) is 5.78 Å². The third-order valence-corrected chi connectivity index (χ3v) is 5.05. The van der Waals surface area contributed by atoms with E-state index in [1.54, 1.807) is 0 Å². The lowest BCUT2D eigenvalue weighted by molar-refractivity contribution is -0.132. The highest BCUT2D eigenvalue weighted by Gasteiger charge is 2.51. The lowest BCUT2D eigenvalue weighted by atomic mass is 9.54. The van der Waals surface area contributed by atoms with Crippen LogP contribution in [0.3, 0.4) is 0 Å². The van der Waals surface area contributed by atoms with Crippen molar-refractivity contribution in [2.24, 2.45) is 16.7 Å². The quantitative estimate of drug-likeness (QED) is 0.493. The summed E-state index contributed by atoms with van der Waals surface area (Å²) in [6, 6.07) is 0. The van der Waals surface area contributed by atoms with Gasteiger partial charge in [-0.15, -0.1) is 6.58 Å². The van der Waals surface area contributed by atoms with Gasteiger partial charge in [0.05, 0.1) is 0 Å². The van der Waals surface area contributed by atoms with Crippen molar-refractivity contribution in [1.82, 2.24) is 0 Å². The van der Waals surface area contributed by atoms with E-state index in [0.717, 1.165) is 31.3 Å². The fourth-order valence-electron chi connectivity index (χ4n) is 3.73. The number of carbonyl (C=O) groups excluding carboxylic acids is 1. The Labute approximate surface area is 141 Å². The molecule has 124 valence electrons. The van der Waals surface area contributed by atoms with E-state index >= 15 is 0 Å². The molecule has 1 aliphatic rings. The summed E-state index contributed by atoms with van der Waals surface area (Å²) in [5, 5.41) is 0.573. The van der Waals surface area contributed by atoms with Gasteiger partial charge in [-0.2, -0.15) is 0 Å². The first kappa shape index (κ1) is 19.2. The Hall–Kier alpha value is -0.820. The van der Waals surface area contributed by atoms with Crippen LogP contribution in [0.25, 0.3) is 0 Å². The number of hydrogen-bond acceptors (Lipinski definition) is 1. The summed E-state index contributed by atoms with van der Waals surface area (Å²) < 4.78 is 0. The highest BCUT2D eigenvalue weighted by molar-refractivity contribution is 6.29. The molecule has 0 aromatic carbocycles. The van der Waals surface area contributed by atoms with Crippen LogP contribution in [0.1, 0.15) is 66.7 Å². The second-order valence-corrected chi connectivity index (χ2v) is 8.59. The molecule has 0 amide bonds.